The van der Waals surface area contributed by atoms with Crippen LogP contribution < -0.4 is 16.0 Å². The largest absolute Gasteiger partial charge is 0.352 e. The zero-order valence-corrected chi connectivity index (χ0v) is 22.0. The fourth-order valence-electron chi connectivity index (χ4n) is 6.26. The summed E-state index contributed by atoms with van der Waals surface area (Å²) in [5.74, 6) is 0.362. The Morgan fingerprint density at radius 1 is 1.00 bits per heavy atom. The molecule has 190 valence electrons. The average Bonchev–Trinajstić information content (AvgIpc) is 2.94. The van der Waals surface area contributed by atoms with E-state index in [4.69, 9.17) is 0 Å². The Labute approximate surface area is 211 Å². The first-order valence-corrected chi connectivity index (χ1v) is 15.1. The summed E-state index contributed by atoms with van der Waals surface area (Å²) in [7, 11) is 0. The van der Waals surface area contributed by atoms with E-state index in [9.17, 15) is 4.79 Å². The van der Waals surface area contributed by atoms with E-state index in [1.807, 2.05) is 30.0 Å². The highest BCUT2D eigenvalue weighted by atomic mass is 32.2. The zero-order chi connectivity index (χ0) is 23.6. The van der Waals surface area contributed by atoms with E-state index in [1.165, 1.54) is 69.8 Å². The molecule has 1 saturated carbocycles. The topological polar surface area (TPSA) is 56.4 Å². The number of carbonyl (C=O) groups excluding carboxylic acids is 1. The third-order valence-electron chi connectivity index (χ3n) is 8.36. The second kappa shape index (κ2) is 13.3. The second-order valence-corrected chi connectivity index (χ2v) is 11.7. The van der Waals surface area contributed by atoms with Crippen LogP contribution in [0.15, 0.2) is 30.3 Å². The minimum atomic E-state index is 0.136. The number of thioether (sulfide) groups is 1. The number of piperazine rings is 1. The molecule has 0 bridgehead atoms. The van der Waals surface area contributed by atoms with Crippen LogP contribution in [-0.4, -0.2) is 53.8 Å². The van der Waals surface area contributed by atoms with Gasteiger partial charge in [0.15, 0.2) is 0 Å². The molecule has 3 aliphatic rings. The van der Waals surface area contributed by atoms with Gasteiger partial charge in [-0.1, -0.05) is 81.7 Å². The Morgan fingerprint density at radius 3 is 2.24 bits per heavy atom. The maximum absolute atomic E-state index is 12.9. The quantitative estimate of drug-likeness (QED) is 0.554. The van der Waals surface area contributed by atoms with Crippen molar-refractivity contribution in [3.63, 3.8) is 0 Å². The summed E-state index contributed by atoms with van der Waals surface area (Å²) in [5.41, 5.74) is 1.33. The van der Waals surface area contributed by atoms with Gasteiger partial charge in [0.1, 0.15) is 0 Å². The summed E-state index contributed by atoms with van der Waals surface area (Å²) in [6.07, 6.45) is 18.0. The Balaban J connectivity index is 1.37. The number of hydrogen-bond acceptors (Lipinski definition) is 5. The minimum absolute atomic E-state index is 0.136. The third kappa shape index (κ3) is 6.99. The Hall–Kier alpha value is -1.08. The molecule has 5 nitrogen and oxygen atoms in total. The Bertz CT molecular complexity index is 725. The first-order chi connectivity index (χ1) is 16.7. The summed E-state index contributed by atoms with van der Waals surface area (Å²) in [6.45, 7) is 3.69. The summed E-state index contributed by atoms with van der Waals surface area (Å²) in [5, 5.41) is 11.8. The van der Waals surface area contributed by atoms with Crippen LogP contribution in [-0.2, 0) is 11.3 Å². The minimum Gasteiger partial charge on any atom is -0.352 e. The molecule has 1 aromatic carbocycles. The molecule has 2 unspecified atom stereocenters. The summed E-state index contributed by atoms with van der Waals surface area (Å²) in [6, 6.07) is 10.2. The molecule has 0 radical (unpaired) electrons. The summed E-state index contributed by atoms with van der Waals surface area (Å²) < 4.78 is 0. The van der Waals surface area contributed by atoms with Crippen LogP contribution in [0.4, 0.5) is 0 Å². The van der Waals surface area contributed by atoms with Gasteiger partial charge < -0.3 is 10.6 Å². The van der Waals surface area contributed by atoms with Gasteiger partial charge in [0.25, 0.3) is 0 Å². The predicted molar refractivity (Wildman–Crippen MR) is 144 cm³/mol. The predicted octanol–water partition coefficient (Wildman–Crippen LogP) is 4.88. The zero-order valence-electron chi connectivity index (χ0n) is 21.2. The lowest BCUT2D eigenvalue weighted by atomic mass is 9.80. The molecule has 34 heavy (non-hydrogen) atoms. The van der Waals surface area contributed by atoms with Crippen LogP contribution in [0.3, 0.4) is 0 Å². The maximum Gasteiger partial charge on any atom is 0.223 e. The monoisotopic (exact) mass is 486 g/mol. The lowest BCUT2D eigenvalue weighted by molar-refractivity contribution is -0.127. The van der Waals surface area contributed by atoms with E-state index in [0.29, 0.717) is 18.1 Å². The number of rotatable bonds is 5. The number of nitrogens with one attached hydrogen (secondary N) is 3. The standard InChI is InChI=1S/C28H46N4OS/c1-34-25-22-30-28(17-11-6-4-2-3-5-7-12-18-28)27(31-25)32-19-15-24(16-20-32)26(33)29-21-23-13-9-8-10-14-23/h8-10,13-14,24-25,27,30-31H,2-7,11-12,15-22H2,1H3,(H,29,33). The molecule has 3 N–H and O–H groups in total. The first kappa shape index (κ1) is 26.0. The number of carbonyl (C=O) groups is 1. The second-order valence-electron chi connectivity index (χ2n) is 10.7. The molecule has 1 amide bonds. The van der Waals surface area contributed by atoms with Gasteiger partial charge in [-0.2, -0.15) is 0 Å². The maximum atomic E-state index is 12.9. The van der Waals surface area contributed by atoms with E-state index >= 15 is 0 Å². The van der Waals surface area contributed by atoms with E-state index < -0.39 is 0 Å². The highest BCUT2D eigenvalue weighted by molar-refractivity contribution is 7.99. The normalized spacial score (nSPS) is 27.7. The smallest absolute Gasteiger partial charge is 0.223 e. The van der Waals surface area contributed by atoms with Gasteiger partial charge >= 0.3 is 0 Å². The van der Waals surface area contributed by atoms with Crippen molar-refractivity contribution in [3.8, 4) is 0 Å². The van der Waals surface area contributed by atoms with Crippen molar-refractivity contribution < 1.29 is 4.79 Å². The Kier molecular flexibility index (Phi) is 10.2. The SMILES string of the molecule is CSC1CNC2(CCCCCCCCCC2)C(N2CCC(C(=O)NCc3ccccc3)CC2)N1. The number of hydrogen-bond donors (Lipinski definition) is 3. The van der Waals surface area contributed by atoms with Gasteiger partial charge in [0.05, 0.1) is 11.5 Å². The van der Waals surface area contributed by atoms with Crippen LogP contribution in [0, 0.1) is 5.92 Å². The molecule has 2 aliphatic heterocycles. The molecule has 2 atom stereocenters. The van der Waals surface area contributed by atoms with Crippen LogP contribution in [0.1, 0.15) is 82.6 Å². The van der Waals surface area contributed by atoms with Crippen LogP contribution in [0.25, 0.3) is 0 Å². The summed E-state index contributed by atoms with van der Waals surface area (Å²) >= 11 is 1.93. The molecule has 4 rings (SSSR count). The van der Waals surface area contributed by atoms with E-state index in [0.717, 1.165) is 32.5 Å². The third-order valence-corrected chi connectivity index (χ3v) is 9.23. The van der Waals surface area contributed by atoms with Gasteiger partial charge in [-0.15, -0.1) is 11.8 Å². The van der Waals surface area contributed by atoms with Crippen LogP contribution >= 0.6 is 11.8 Å². The Morgan fingerprint density at radius 2 is 1.62 bits per heavy atom. The van der Waals surface area contributed by atoms with Crippen molar-refractivity contribution in [2.24, 2.45) is 5.92 Å². The highest BCUT2D eigenvalue weighted by Crippen LogP contribution is 2.34. The number of likely N-dealkylation sites (tertiary alicyclic amines) is 1. The molecule has 1 aromatic rings. The highest BCUT2D eigenvalue weighted by Gasteiger charge is 2.46. The van der Waals surface area contributed by atoms with Crippen LogP contribution in [0.2, 0.25) is 0 Å². The fourth-order valence-corrected chi connectivity index (χ4v) is 6.77. The number of piperidine rings is 1. The molecule has 6 heteroatoms. The van der Waals surface area contributed by atoms with E-state index in [2.05, 4.69) is 39.2 Å². The average molecular weight is 487 g/mol. The number of amides is 1. The molecular weight excluding hydrogens is 440 g/mol. The first-order valence-electron chi connectivity index (χ1n) is 13.8. The number of nitrogens with zero attached hydrogens (tertiary/aromatic N) is 1. The molecule has 3 fully saturated rings. The van der Waals surface area contributed by atoms with Crippen molar-refractivity contribution in [1.29, 1.82) is 0 Å². The van der Waals surface area contributed by atoms with Crippen molar-refractivity contribution >= 4 is 17.7 Å². The van der Waals surface area contributed by atoms with Gasteiger partial charge in [0.2, 0.25) is 5.91 Å². The molecule has 2 saturated heterocycles. The van der Waals surface area contributed by atoms with Gasteiger partial charge in [0, 0.05) is 37.6 Å². The van der Waals surface area contributed by atoms with Gasteiger partial charge in [-0.25, -0.2) is 0 Å². The molecule has 1 spiro atoms. The molecule has 2 heterocycles. The molecular formula is C28H46N4OS. The molecule has 0 aromatic heterocycles. The van der Waals surface area contributed by atoms with Crippen molar-refractivity contribution in [2.45, 2.75) is 101 Å². The van der Waals surface area contributed by atoms with Crippen molar-refractivity contribution in [3.05, 3.63) is 35.9 Å². The number of benzene rings is 1. The molecule has 1 aliphatic carbocycles. The van der Waals surface area contributed by atoms with Crippen LogP contribution in [0.5, 0.6) is 0 Å². The van der Waals surface area contributed by atoms with Gasteiger partial charge in [-0.3, -0.25) is 15.0 Å². The van der Waals surface area contributed by atoms with Crippen molar-refractivity contribution in [2.75, 3.05) is 25.9 Å². The summed E-state index contributed by atoms with van der Waals surface area (Å²) in [4.78, 5) is 15.6. The van der Waals surface area contributed by atoms with Crippen molar-refractivity contribution in [1.82, 2.24) is 20.9 Å². The van der Waals surface area contributed by atoms with E-state index in [1.54, 1.807) is 0 Å². The van der Waals surface area contributed by atoms with E-state index in [-0.39, 0.29) is 17.4 Å². The lowest BCUT2D eigenvalue weighted by Crippen LogP contribution is -2.73. The van der Waals surface area contributed by atoms with Gasteiger partial charge in [-0.05, 0) is 37.5 Å². The lowest BCUT2D eigenvalue weighted by Gasteiger charge is -2.53. The fraction of sp³-hybridized carbons (Fsp3) is 0.750.